The van der Waals surface area contributed by atoms with E-state index in [1.807, 2.05) is 13.8 Å². The Labute approximate surface area is 169 Å². The number of benzene rings is 1. The number of nitrogens with one attached hydrogen (secondary N) is 2. The highest BCUT2D eigenvalue weighted by Gasteiger charge is 2.25. The summed E-state index contributed by atoms with van der Waals surface area (Å²) in [5.41, 5.74) is 0.820. The summed E-state index contributed by atoms with van der Waals surface area (Å²) in [5, 5.41) is 5.86. The van der Waals surface area contributed by atoms with Crippen molar-refractivity contribution in [2.24, 2.45) is 5.92 Å². The van der Waals surface area contributed by atoms with E-state index in [0.717, 1.165) is 32.0 Å². The summed E-state index contributed by atoms with van der Waals surface area (Å²) < 4.78 is 27.1. The molecule has 0 aliphatic carbocycles. The number of nitrogens with zero attached hydrogens (tertiary/aromatic N) is 3. The van der Waals surface area contributed by atoms with Gasteiger partial charge in [0.15, 0.2) is 11.6 Å². The van der Waals surface area contributed by atoms with Crippen LogP contribution in [0.15, 0.2) is 24.4 Å². The van der Waals surface area contributed by atoms with Crippen LogP contribution >= 0.6 is 0 Å². The van der Waals surface area contributed by atoms with Gasteiger partial charge in [0.1, 0.15) is 17.3 Å². The normalized spacial score (nSPS) is 14.9. The van der Waals surface area contributed by atoms with Gasteiger partial charge in [-0.05, 0) is 50.7 Å². The number of carbonyl (C=O) groups excluding carboxylic acids is 1. The Morgan fingerprint density at radius 3 is 2.62 bits per heavy atom. The van der Waals surface area contributed by atoms with E-state index in [9.17, 15) is 13.6 Å². The van der Waals surface area contributed by atoms with Crippen LogP contribution in [-0.2, 0) is 6.42 Å². The summed E-state index contributed by atoms with van der Waals surface area (Å²) in [6.07, 6.45) is 3.76. The van der Waals surface area contributed by atoms with Crippen LogP contribution in [0.4, 0.5) is 20.4 Å². The first-order valence-electron chi connectivity index (χ1n) is 9.92. The SMILES string of the molecule is CNC(=O)c1cnc(NC(C)C)c(N2CCC(Cc3ccc(F)cc3F)CC2)n1. The number of carbonyl (C=O) groups is 1. The molecule has 2 aromatic rings. The fraction of sp³-hybridized carbons (Fsp3) is 0.476. The summed E-state index contributed by atoms with van der Waals surface area (Å²) in [6.45, 7) is 5.49. The molecule has 6 nitrogen and oxygen atoms in total. The van der Waals surface area contributed by atoms with Gasteiger partial charge in [-0.1, -0.05) is 6.07 Å². The van der Waals surface area contributed by atoms with E-state index >= 15 is 0 Å². The lowest BCUT2D eigenvalue weighted by Gasteiger charge is -2.34. The topological polar surface area (TPSA) is 70.2 Å². The van der Waals surface area contributed by atoms with Crippen molar-refractivity contribution in [1.29, 1.82) is 0 Å². The second kappa shape index (κ2) is 9.15. The maximum absolute atomic E-state index is 14.0. The number of hydrogen-bond acceptors (Lipinski definition) is 5. The number of piperidine rings is 1. The minimum absolute atomic E-state index is 0.174. The molecule has 8 heteroatoms. The third kappa shape index (κ3) is 5.19. The third-order valence-corrected chi connectivity index (χ3v) is 5.08. The fourth-order valence-electron chi connectivity index (χ4n) is 3.56. The minimum Gasteiger partial charge on any atom is -0.365 e. The lowest BCUT2D eigenvalue weighted by Crippen LogP contribution is -2.36. The van der Waals surface area contributed by atoms with Gasteiger partial charge >= 0.3 is 0 Å². The van der Waals surface area contributed by atoms with Gasteiger partial charge < -0.3 is 15.5 Å². The maximum atomic E-state index is 14.0. The maximum Gasteiger partial charge on any atom is 0.271 e. The van der Waals surface area contributed by atoms with Gasteiger partial charge in [0.05, 0.1) is 6.20 Å². The lowest BCUT2D eigenvalue weighted by atomic mass is 9.90. The molecule has 0 atom stereocenters. The average molecular weight is 403 g/mol. The monoisotopic (exact) mass is 403 g/mol. The zero-order valence-corrected chi connectivity index (χ0v) is 17.0. The van der Waals surface area contributed by atoms with E-state index in [-0.39, 0.29) is 17.6 Å². The van der Waals surface area contributed by atoms with Crippen molar-refractivity contribution in [3.8, 4) is 0 Å². The lowest BCUT2D eigenvalue weighted by molar-refractivity contribution is 0.0958. The third-order valence-electron chi connectivity index (χ3n) is 5.08. The second-order valence-corrected chi connectivity index (χ2v) is 7.68. The second-order valence-electron chi connectivity index (χ2n) is 7.68. The summed E-state index contributed by atoms with van der Waals surface area (Å²) in [7, 11) is 1.56. The molecule has 0 spiro atoms. The fourth-order valence-corrected chi connectivity index (χ4v) is 3.56. The largest absolute Gasteiger partial charge is 0.365 e. The van der Waals surface area contributed by atoms with Gasteiger partial charge in [-0.15, -0.1) is 0 Å². The van der Waals surface area contributed by atoms with Crippen LogP contribution in [0.2, 0.25) is 0 Å². The molecule has 0 bridgehead atoms. The Balaban J connectivity index is 1.72. The Hall–Kier alpha value is -2.77. The zero-order chi connectivity index (χ0) is 21.0. The molecule has 3 rings (SSSR count). The van der Waals surface area contributed by atoms with Gasteiger partial charge in [0.2, 0.25) is 0 Å². The standard InChI is InChI=1S/C21H27F2N5O/c1-13(2)26-19-20(27-18(12-25-19)21(29)24-3)28-8-6-14(7-9-28)10-15-4-5-16(22)11-17(15)23/h4-5,11-14H,6-10H2,1-3H3,(H,24,29)(H,25,26). The Morgan fingerprint density at radius 2 is 2.00 bits per heavy atom. The van der Waals surface area contributed by atoms with Crippen LogP contribution in [-0.4, -0.2) is 42.1 Å². The number of anilines is 2. The molecule has 1 fully saturated rings. The molecular weight excluding hydrogens is 376 g/mol. The van der Waals surface area contributed by atoms with E-state index in [1.165, 1.54) is 18.3 Å². The molecule has 0 unspecified atom stereocenters. The van der Waals surface area contributed by atoms with E-state index in [0.29, 0.717) is 29.5 Å². The molecular formula is C21H27F2N5O. The van der Waals surface area contributed by atoms with Crippen molar-refractivity contribution in [1.82, 2.24) is 15.3 Å². The van der Waals surface area contributed by atoms with Crippen molar-refractivity contribution in [2.75, 3.05) is 30.4 Å². The number of rotatable bonds is 6. The number of aromatic nitrogens is 2. The van der Waals surface area contributed by atoms with Crippen LogP contribution < -0.4 is 15.5 Å². The molecule has 2 N–H and O–H groups in total. The zero-order valence-electron chi connectivity index (χ0n) is 17.0. The first-order chi connectivity index (χ1) is 13.9. The number of amides is 1. The van der Waals surface area contributed by atoms with Crippen molar-refractivity contribution < 1.29 is 13.6 Å². The van der Waals surface area contributed by atoms with E-state index in [2.05, 4.69) is 25.5 Å². The highest BCUT2D eigenvalue weighted by Crippen LogP contribution is 2.29. The predicted molar refractivity (Wildman–Crippen MR) is 109 cm³/mol. The van der Waals surface area contributed by atoms with Gasteiger partial charge in [-0.3, -0.25) is 4.79 Å². The Kier molecular flexibility index (Phi) is 6.61. The van der Waals surface area contributed by atoms with Crippen LogP contribution in [0, 0.1) is 17.6 Å². The molecule has 29 heavy (non-hydrogen) atoms. The summed E-state index contributed by atoms with van der Waals surface area (Å²) in [6, 6.07) is 3.94. The quantitative estimate of drug-likeness (QED) is 0.774. The molecule has 1 aromatic carbocycles. The minimum atomic E-state index is -0.555. The molecule has 1 saturated heterocycles. The summed E-state index contributed by atoms with van der Waals surface area (Å²) >= 11 is 0. The van der Waals surface area contributed by atoms with Crippen LogP contribution in [0.1, 0.15) is 42.7 Å². The molecule has 0 saturated carbocycles. The molecule has 1 aliphatic heterocycles. The highest BCUT2D eigenvalue weighted by atomic mass is 19.1. The molecule has 0 radical (unpaired) electrons. The summed E-state index contributed by atoms with van der Waals surface area (Å²) in [4.78, 5) is 23.0. The van der Waals surface area contributed by atoms with Gasteiger partial charge in [-0.2, -0.15) is 0 Å². The molecule has 1 aliphatic rings. The van der Waals surface area contributed by atoms with Crippen LogP contribution in [0.3, 0.4) is 0 Å². The molecule has 2 heterocycles. The first kappa shape index (κ1) is 21.0. The van der Waals surface area contributed by atoms with Crippen molar-refractivity contribution >= 4 is 17.5 Å². The predicted octanol–water partition coefficient (Wildman–Crippen LogP) is 3.39. The Bertz CT molecular complexity index is 866. The molecule has 1 aromatic heterocycles. The number of hydrogen-bond donors (Lipinski definition) is 2. The average Bonchev–Trinajstić information content (AvgIpc) is 2.70. The smallest absolute Gasteiger partial charge is 0.271 e. The summed E-state index contributed by atoms with van der Waals surface area (Å²) in [5.74, 6) is 0.294. The molecule has 1 amide bonds. The van der Waals surface area contributed by atoms with Gasteiger partial charge in [0.25, 0.3) is 5.91 Å². The number of halogens is 2. The van der Waals surface area contributed by atoms with Gasteiger partial charge in [-0.25, -0.2) is 18.7 Å². The van der Waals surface area contributed by atoms with Gasteiger partial charge in [0, 0.05) is 32.2 Å². The first-order valence-corrected chi connectivity index (χ1v) is 9.92. The van der Waals surface area contributed by atoms with Crippen LogP contribution in [0.25, 0.3) is 0 Å². The van der Waals surface area contributed by atoms with E-state index in [1.54, 1.807) is 7.05 Å². The van der Waals surface area contributed by atoms with Crippen molar-refractivity contribution in [3.63, 3.8) is 0 Å². The van der Waals surface area contributed by atoms with E-state index in [4.69, 9.17) is 0 Å². The van der Waals surface area contributed by atoms with E-state index < -0.39 is 11.6 Å². The highest BCUT2D eigenvalue weighted by molar-refractivity contribution is 5.92. The Morgan fingerprint density at radius 1 is 1.28 bits per heavy atom. The van der Waals surface area contributed by atoms with Crippen molar-refractivity contribution in [3.05, 3.63) is 47.3 Å². The van der Waals surface area contributed by atoms with Crippen LogP contribution in [0.5, 0.6) is 0 Å². The molecule has 156 valence electrons. The van der Waals surface area contributed by atoms with Crippen molar-refractivity contribution in [2.45, 2.75) is 39.2 Å².